The number of carboxylic acid groups (broad SMARTS) is 1. The van der Waals surface area contributed by atoms with E-state index in [1.807, 2.05) is 26.2 Å². The Bertz CT molecular complexity index is 1080. The van der Waals surface area contributed by atoms with E-state index < -0.39 is 5.97 Å². The number of fused-ring (bicyclic) bond motifs is 2. The third kappa shape index (κ3) is 2.92. The van der Waals surface area contributed by atoms with E-state index in [-0.39, 0.29) is 17.9 Å². The molecule has 1 aromatic heterocycles. The summed E-state index contributed by atoms with van der Waals surface area (Å²) < 4.78 is 1.68. The lowest BCUT2D eigenvalue weighted by atomic mass is 9.99. The average molecular weight is 373 g/mol. The molecule has 0 atom stereocenters. The number of rotatable bonds is 4. The second-order valence-corrected chi connectivity index (χ2v) is 7.33. The highest BCUT2D eigenvalue weighted by Crippen LogP contribution is 2.34. The molecule has 0 amide bonds. The largest absolute Gasteiger partial charge is 0.480 e. The number of pyridine rings is 1. The third-order valence-electron chi connectivity index (χ3n) is 4.58. The van der Waals surface area contributed by atoms with Crippen molar-refractivity contribution in [2.45, 2.75) is 26.3 Å². The molecule has 0 aliphatic rings. The molecule has 26 heavy (non-hydrogen) atoms. The molecule has 5 nitrogen and oxygen atoms in total. The lowest BCUT2D eigenvalue weighted by molar-refractivity contribution is -0.137. The maximum Gasteiger partial charge on any atom is 0.323 e. The summed E-state index contributed by atoms with van der Waals surface area (Å²) in [6.07, 6.45) is 0. The van der Waals surface area contributed by atoms with Gasteiger partial charge in [-0.05, 0) is 35.7 Å². The van der Waals surface area contributed by atoms with Gasteiger partial charge in [0.15, 0.2) is 5.43 Å². The molecule has 3 rings (SSSR count). The van der Waals surface area contributed by atoms with Gasteiger partial charge in [0.2, 0.25) is 0 Å². The van der Waals surface area contributed by atoms with Crippen molar-refractivity contribution in [1.29, 1.82) is 0 Å². The van der Waals surface area contributed by atoms with Gasteiger partial charge in [0.1, 0.15) is 6.54 Å². The minimum absolute atomic E-state index is 0.119. The second kappa shape index (κ2) is 6.65. The van der Waals surface area contributed by atoms with E-state index in [1.54, 1.807) is 27.7 Å². The van der Waals surface area contributed by atoms with Crippen molar-refractivity contribution < 1.29 is 9.90 Å². The van der Waals surface area contributed by atoms with Crippen LogP contribution in [0.25, 0.3) is 21.8 Å². The fraction of sp³-hybridized carbons (Fsp3) is 0.300. The molecule has 0 aliphatic heterocycles. The number of benzene rings is 2. The summed E-state index contributed by atoms with van der Waals surface area (Å²) >= 11 is 6.39. The quantitative estimate of drug-likeness (QED) is 0.701. The van der Waals surface area contributed by atoms with Crippen molar-refractivity contribution in [2.75, 3.05) is 19.0 Å². The van der Waals surface area contributed by atoms with Crippen LogP contribution >= 0.6 is 11.6 Å². The van der Waals surface area contributed by atoms with Crippen molar-refractivity contribution in [3.63, 3.8) is 0 Å². The molecular weight excluding hydrogens is 352 g/mol. The van der Waals surface area contributed by atoms with Gasteiger partial charge < -0.3 is 14.6 Å². The lowest BCUT2D eigenvalue weighted by Gasteiger charge is -2.22. The predicted molar refractivity (Wildman–Crippen MR) is 107 cm³/mol. The summed E-state index contributed by atoms with van der Waals surface area (Å²) in [4.78, 5) is 26.5. The minimum Gasteiger partial charge on any atom is -0.480 e. The SMILES string of the molecule is CC(C)c1ccc2c(=O)c3ccc(Cl)c(N(C)C)c3n(CC(=O)O)c2c1. The Kier molecular flexibility index (Phi) is 4.67. The number of carbonyl (C=O) groups is 1. The molecule has 1 heterocycles. The molecule has 0 saturated heterocycles. The van der Waals surface area contributed by atoms with Crippen LogP contribution in [0, 0.1) is 0 Å². The van der Waals surface area contributed by atoms with E-state index in [9.17, 15) is 14.7 Å². The molecule has 0 aliphatic carbocycles. The number of hydrogen-bond acceptors (Lipinski definition) is 3. The van der Waals surface area contributed by atoms with Gasteiger partial charge in [-0.1, -0.05) is 31.5 Å². The molecule has 3 aromatic rings. The van der Waals surface area contributed by atoms with E-state index in [0.717, 1.165) is 5.56 Å². The zero-order chi connectivity index (χ0) is 19.2. The van der Waals surface area contributed by atoms with Gasteiger partial charge in [0.25, 0.3) is 0 Å². The molecule has 1 N–H and O–H groups in total. The number of hydrogen-bond donors (Lipinski definition) is 1. The first-order valence-corrected chi connectivity index (χ1v) is 8.78. The number of carboxylic acids is 1. The fourth-order valence-corrected chi connectivity index (χ4v) is 3.65. The van der Waals surface area contributed by atoms with Gasteiger partial charge in [-0.3, -0.25) is 9.59 Å². The number of nitrogens with zero attached hydrogens (tertiary/aromatic N) is 2. The van der Waals surface area contributed by atoms with Gasteiger partial charge in [-0.25, -0.2) is 0 Å². The lowest BCUT2D eigenvalue weighted by Crippen LogP contribution is -2.20. The van der Waals surface area contributed by atoms with Crippen LogP contribution in [0.4, 0.5) is 5.69 Å². The smallest absolute Gasteiger partial charge is 0.323 e. The summed E-state index contributed by atoms with van der Waals surface area (Å²) in [5.74, 6) is -0.716. The molecule has 0 unspecified atom stereocenters. The molecule has 2 aromatic carbocycles. The molecule has 6 heteroatoms. The van der Waals surface area contributed by atoms with E-state index in [2.05, 4.69) is 13.8 Å². The molecule has 0 radical (unpaired) electrons. The van der Waals surface area contributed by atoms with Gasteiger partial charge in [0, 0.05) is 24.9 Å². The second-order valence-electron chi connectivity index (χ2n) is 6.93. The highest BCUT2D eigenvalue weighted by Gasteiger charge is 2.19. The molecule has 0 saturated carbocycles. The maximum absolute atomic E-state index is 13.1. The highest BCUT2D eigenvalue weighted by atomic mass is 35.5. The molecule has 136 valence electrons. The van der Waals surface area contributed by atoms with Gasteiger partial charge in [0.05, 0.1) is 21.7 Å². The van der Waals surface area contributed by atoms with Gasteiger partial charge in [-0.2, -0.15) is 0 Å². The van der Waals surface area contributed by atoms with Crippen molar-refractivity contribution in [2.24, 2.45) is 0 Å². The van der Waals surface area contributed by atoms with Crippen LogP contribution in [-0.2, 0) is 11.3 Å². The van der Waals surface area contributed by atoms with Crippen molar-refractivity contribution in [1.82, 2.24) is 4.57 Å². The Morgan fingerprint density at radius 1 is 1.19 bits per heavy atom. The van der Waals surface area contributed by atoms with Crippen LogP contribution in [0.3, 0.4) is 0 Å². The Balaban J connectivity index is 2.61. The van der Waals surface area contributed by atoms with E-state index in [0.29, 0.717) is 32.5 Å². The maximum atomic E-state index is 13.1. The van der Waals surface area contributed by atoms with E-state index >= 15 is 0 Å². The summed E-state index contributed by atoms with van der Waals surface area (Å²) in [6.45, 7) is 3.87. The Morgan fingerprint density at radius 3 is 2.42 bits per heavy atom. The summed E-state index contributed by atoms with van der Waals surface area (Å²) in [5, 5.41) is 10.9. The highest BCUT2D eigenvalue weighted by molar-refractivity contribution is 6.35. The van der Waals surface area contributed by atoms with Crippen LogP contribution in [0.1, 0.15) is 25.3 Å². The zero-order valence-electron chi connectivity index (χ0n) is 15.2. The summed E-state index contributed by atoms with van der Waals surface area (Å²) in [6, 6.07) is 8.97. The first-order valence-electron chi connectivity index (χ1n) is 8.40. The number of aliphatic carboxylic acids is 1. The normalized spacial score (nSPS) is 11.5. The van der Waals surface area contributed by atoms with Gasteiger partial charge in [-0.15, -0.1) is 0 Å². The molecule has 0 fully saturated rings. The first kappa shape index (κ1) is 18.3. The van der Waals surface area contributed by atoms with Crippen molar-refractivity contribution in [3.05, 3.63) is 51.1 Å². The van der Waals surface area contributed by atoms with Crippen LogP contribution in [0.15, 0.2) is 35.1 Å². The van der Waals surface area contributed by atoms with Gasteiger partial charge >= 0.3 is 5.97 Å². The minimum atomic E-state index is -0.976. The number of aromatic nitrogens is 1. The molecular formula is C20H21ClN2O3. The number of anilines is 1. The van der Waals surface area contributed by atoms with E-state index in [4.69, 9.17) is 11.6 Å². The van der Waals surface area contributed by atoms with Crippen LogP contribution in [0.5, 0.6) is 0 Å². The topological polar surface area (TPSA) is 62.5 Å². The standard InChI is InChI=1S/C20H21ClN2O3/c1-11(2)12-5-6-13-16(9-12)23(10-17(24)25)18-14(20(13)26)7-8-15(21)19(18)22(3)4/h5-9,11H,10H2,1-4H3,(H,24,25). The summed E-state index contributed by atoms with van der Waals surface area (Å²) in [5.41, 5.74) is 2.72. The van der Waals surface area contributed by atoms with E-state index in [1.165, 1.54) is 0 Å². The van der Waals surface area contributed by atoms with Crippen LogP contribution < -0.4 is 10.3 Å². The Labute approximate surface area is 156 Å². The predicted octanol–water partition coefficient (Wildman–Crippen LogP) is 4.08. The number of halogens is 1. The van der Waals surface area contributed by atoms with Crippen LogP contribution in [0.2, 0.25) is 5.02 Å². The zero-order valence-corrected chi connectivity index (χ0v) is 16.0. The van der Waals surface area contributed by atoms with Crippen LogP contribution in [-0.4, -0.2) is 29.7 Å². The van der Waals surface area contributed by atoms with Crippen molar-refractivity contribution >= 4 is 45.1 Å². The molecule has 0 spiro atoms. The Morgan fingerprint density at radius 2 is 1.85 bits per heavy atom. The molecule has 0 bridgehead atoms. The summed E-state index contributed by atoms with van der Waals surface area (Å²) in [7, 11) is 3.65. The Hall–Kier alpha value is -2.53. The van der Waals surface area contributed by atoms with Crippen molar-refractivity contribution in [3.8, 4) is 0 Å². The fourth-order valence-electron chi connectivity index (χ4n) is 3.33. The monoisotopic (exact) mass is 372 g/mol. The average Bonchev–Trinajstić information content (AvgIpc) is 2.57. The first-order chi connectivity index (χ1) is 12.2. The third-order valence-corrected chi connectivity index (χ3v) is 4.89.